The van der Waals surface area contributed by atoms with Gasteiger partial charge in [-0.3, -0.25) is 4.98 Å². The van der Waals surface area contributed by atoms with Gasteiger partial charge in [0.15, 0.2) is 0 Å². The van der Waals surface area contributed by atoms with E-state index in [2.05, 4.69) is 10.3 Å². The van der Waals surface area contributed by atoms with Gasteiger partial charge in [0.25, 0.3) is 0 Å². The topological polar surface area (TPSA) is 45.1 Å². The van der Waals surface area contributed by atoms with Crippen LogP contribution in [0, 0.1) is 0 Å². The summed E-state index contributed by atoms with van der Waals surface area (Å²) in [5, 5.41) is 12.0. The van der Waals surface area contributed by atoms with E-state index in [1.54, 1.807) is 6.20 Å². The summed E-state index contributed by atoms with van der Waals surface area (Å²) in [5.74, 6) is 0. The standard InChI is InChI=1S/C10H16N2O/c1-11-10(8-13)6-5-9-4-2-3-7-12-9/h2-4,7,10-11,13H,5-6,8H2,1H3. The van der Waals surface area contributed by atoms with Gasteiger partial charge in [-0.05, 0) is 32.0 Å². The zero-order chi connectivity index (χ0) is 9.52. The molecule has 0 aromatic carbocycles. The first-order chi connectivity index (χ1) is 6.36. The summed E-state index contributed by atoms with van der Waals surface area (Å²) < 4.78 is 0. The monoisotopic (exact) mass is 180 g/mol. The van der Waals surface area contributed by atoms with Crippen LogP contribution in [0.2, 0.25) is 0 Å². The molecule has 1 unspecified atom stereocenters. The Morgan fingerprint density at radius 2 is 2.38 bits per heavy atom. The van der Waals surface area contributed by atoms with Crippen molar-refractivity contribution in [1.82, 2.24) is 10.3 Å². The van der Waals surface area contributed by atoms with Crippen LogP contribution in [0.15, 0.2) is 24.4 Å². The molecule has 72 valence electrons. The summed E-state index contributed by atoms with van der Waals surface area (Å²) in [7, 11) is 1.86. The fourth-order valence-corrected chi connectivity index (χ4v) is 1.20. The molecule has 1 heterocycles. The molecule has 0 radical (unpaired) electrons. The summed E-state index contributed by atoms with van der Waals surface area (Å²) in [5.41, 5.74) is 1.08. The van der Waals surface area contributed by atoms with E-state index < -0.39 is 0 Å². The van der Waals surface area contributed by atoms with E-state index >= 15 is 0 Å². The molecule has 0 aliphatic heterocycles. The van der Waals surface area contributed by atoms with Crippen LogP contribution in [0.5, 0.6) is 0 Å². The molecule has 2 N–H and O–H groups in total. The second-order valence-electron chi connectivity index (χ2n) is 3.03. The van der Waals surface area contributed by atoms with Gasteiger partial charge in [-0.2, -0.15) is 0 Å². The Hall–Kier alpha value is -0.930. The molecule has 1 aromatic rings. The number of aliphatic hydroxyl groups excluding tert-OH is 1. The molecule has 0 spiro atoms. The van der Waals surface area contributed by atoms with Gasteiger partial charge in [0.2, 0.25) is 0 Å². The Balaban J connectivity index is 2.34. The second-order valence-corrected chi connectivity index (χ2v) is 3.03. The Morgan fingerprint density at radius 1 is 1.54 bits per heavy atom. The van der Waals surface area contributed by atoms with Crippen molar-refractivity contribution >= 4 is 0 Å². The van der Waals surface area contributed by atoms with Gasteiger partial charge in [-0.25, -0.2) is 0 Å². The average Bonchev–Trinajstić information content (AvgIpc) is 2.21. The van der Waals surface area contributed by atoms with E-state index in [1.165, 1.54) is 0 Å². The maximum absolute atomic E-state index is 8.92. The highest BCUT2D eigenvalue weighted by molar-refractivity contribution is 5.03. The predicted octanol–water partition coefficient (Wildman–Crippen LogP) is 0.594. The lowest BCUT2D eigenvalue weighted by atomic mass is 10.1. The number of nitrogens with one attached hydrogen (secondary N) is 1. The van der Waals surface area contributed by atoms with Crippen molar-refractivity contribution in [2.75, 3.05) is 13.7 Å². The highest BCUT2D eigenvalue weighted by atomic mass is 16.3. The minimum atomic E-state index is 0.182. The van der Waals surface area contributed by atoms with E-state index in [1.807, 2.05) is 25.2 Å². The van der Waals surface area contributed by atoms with E-state index in [-0.39, 0.29) is 12.6 Å². The molecule has 0 bridgehead atoms. The fraction of sp³-hybridized carbons (Fsp3) is 0.500. The molecule has 0 saturated heterocycles. The van der Waals surface area contributed by atoms with Gasteiger partial charge in [-0.15, -0.1) is 0 Å². The van der Waals surface area contributed by atoms with Crippen LogP contribution < -0.4 is 5.32 Å². The first kappa shape index (κ1) is 10.2. The highest BCUT2D eigenvalue weighted by Crippen LogP contribution is 2.00. The van der Waals surface area contributed by atoms with Gasteiger partial charge in [-0.1, -0.05) is 6.07 Å². The average molecular weight is 180 g/mol. The highest BCUT2D eigenvalue weighted by Gasteiger charge is 2.03. The molecule has 0 saturated carbocycles. The van der Waals surface area contributed by atoms with Crippen molar-refractivity contribution in [2.45, 2.75) is 18.9 Å². The maximum atomic E-state index is 8.92. The number of pyridine rings is 1. The number of nitrogens with zero attached hydrogens (tertiary/aromatic N) is 1. The third-order valence-corrected chi connectivity index (χ3v) is 2.10. The molecule has 1 rings (SSSR count). The minimum Gasteiger partial charge on any atom is -0.395 e. The summed E-state index contributed by atoms with van der Waals surface area (Å²) >= 11 is 0. The van der Waals surface area contributed by atoms with Crippen molar-refractivity contribution in [3.8, 4) is 0 Å². The normalized spacial score (nSPS) is 12.8. The van der Waals surface area contributed by atoms with Gasteiger partial charge in [0.05, 0.1) is 6.61 Å². The molecular weight excluding hydrogens is 164 g/mol. The molecule has 1 atom stereocenters. The van der Waals surface area contributed by atoms with Crippen LogP contribution in [0.25, 0.3) is 0 Å². The first-order valence-corrected chi connectivity index (χ1v) is 4.55. The van der Waals surface area contributed by atoms with Crippen molar-refractivity contribution < 1.29 is 5.11 Å². The number of hydrogen-bond donors (Lipinski definition) is 2. The van der Waals surface area contributed by atoms with E-state index in [9.17, 15) is 0 Å². The number of aryl methyl sites for hydroxylation is 1. The number of aromatic nitrogens is 1. The summed E-state index contributed by atoms with van der Waals surface area (Å²) in [6.45, 7) is 0.184. The van der Waals surface area contributed by atoms with Gasteiger partial charge < -0.3 is 10.4 Å². The van der Waals surface area contributed by atoms with Crippen molar-refractivity contribution in [1.29, 1.82) is 0 Å². The zero-order valence-electron chi connectivity index (χ0n) is 7.90. The van der Waals surface area contributed by atoms with Gasteiger partial charge >= 0.3 is 0 Å². The molecule has 0 fully saturated rings. The molecule has 3 nitrogen and oxygen atoms in total. The maximum Gasteiger partial charge on any atom is 0.0584 e. The summed E-state index contributed by atoms with van der Waals surface area (Å²) in [6, 6.07) is 6.08. The lowest BCUT2D eigenvalue weighted by molar-refractivity contribution is 0.242. The molecule has 0 amide bonds. The lowest BCUT2D eigenvalue weighted by Crippen LogP contribution is -2.29. The quantitative estimate of drug-likeness (QED) is 0.697. The largest absolute Gasteiger partial charge is 0.395 e. The third kappa shape index (κ3) is 3.53. The Kier molecular flexibility index (Phi) is 4.43. The Labute approximate surface area is 78.8 Å². The number of rotatable bonds is 5. The van der Waals surface area contributed by atoms with Crippen LogP contribution in [0.1, 0.15) is 12.1 Å². The summed E-state index contributed by atoms with van der Waals surface area (Å²) in [4.78, 5) is 4.21. The number of aliphatic hydroxyl groups is 1. The van der Waals surface area contributed by atoms with Crippen LogP contribution in [-0.4, -0.2) is 29.8 Å². The smallest absolute Gasteiger partial charge is 0.0584 e. The third-order valence-electron chi connectivity index (χ3n) is 2.10. The van der Waals surface area contributed by atoms with Crippen molar-refractivity contribution in [3.63, 3.8) is 0 Å². The molecular formula is C10H16N2O. The SMILES string of the molecule is CNC(CO)CCc1ccccn1. The van der Waals surface area contributed by atoms with E-state index in [0.29, 0.717) is 0 Å². The fourth-order valence-electron chi connectivity index (χ4n) is 1.20. The molecule has 1 aromatic heterocycles. The molecule has 3 heteroatoms. The van der Waals surface area contributed by atoms with Crippen molar-refractivity contribution in [2.24, 2.45) is 0 Å². The van der Waals surface area contributed by atoms with Crippen molar-refractivity contribution in [3.05, 3.63) is 30.1 Å². The Bertz CT molecular complexity index is 222. The first-order valence-electron chi connectivity index (χ1n) is 4.55. The van der Waals surface area contributed by atoms with Gasteiger partial charge in [0, 0.05) is 17.9 Å². The zero-order valence-corrected chi connectivity index (χ0v) is 7.90. The van der Waals surface area contributed by atoms with E-state index in [0.717, 1.165) is 18.5 Å². The summed E-state index contributed by atoms with van der Waals surface area (Å²) in [6.07, 6.45) is 3.62. The van der Waals surface area contributed by atoms with Gasteiger partial charge in [0.1, 0.15) is 0 Å². The Morgan fingerprint density at radius 3 is 2.92 bits per heavy atom. The molecule has 0 aliphatic carbocycles. The predicted molar refractivity (Wildman–Crippen MR) is 52.5 cm³/mol. The van der Waals surface area contributed by atoms with Crippen LogP contribution in [0.4, 0.5) is 0 Å². The van der Waals surface area contributed by atoms with Crippen LogP contribution >= 0.6 is 0 Å². The van der Waals surface area contributed by atoms with E-state index in [4.69, 9.17) is 5.11 Å². The lowest BCUT2D eigenvalue weighted by Gasteiger charge is -2.11. The van der Waals surface area contributed by atoms with Crippen LogP contribution in [0.3, 0.4) is 0 Å². The molecule has 13 heavy (non-hydrogen) atoms. The van der Waals surface area contributed by atoms with Crippen LogP contribution in [-0.2, 0) is 6.42 Å². The number of likely N-dealkylation sites (N-methyl/N-ethyl adjacent to an activating group) is 1. The molecule has 0 aliphatic rings. The second kappa shape index (κ2) is 5.67. The minimum absolute atomic E-state index is 0.182. The number of hydrogen-bond acceptors (Lipinski definition) is 3.